The van der Waals surface area contributed by atoms with E-state index < -0.39 is 0 Å². The number of hydrogen-bond acceptors (Lipinski definition) is 6. The van der Waals surface area contributed by atoms with Crippen LogP contribution in [0.25, 0.3) is 10.7 Å². The van der Waals surface area contributed by atoms with E-state index in [9.17, 15) is 0 Å². The lowest BCUT2D eigenvalue weighted by molar-refractivity contribution is 0.0966. The Balaban J connectivity index is 1.26. The van der Waals surface area contributed by atoms with Crippen molar-refractivity contribution in [2.24, 2.45) is 0 Å². The fraction of sp³-hybridized carbons (Fsp3) is 0.250. The highest BCUT2D eigenvalue weighted by molar-refractivity contribution is 7.13. The van der Waals surface area contributed by atoms with Crippen molar-refractivity contribution in [1.29, 1.82) is 0 Å². The van der Waals surface area contributed by atoms with Gasteiger partial charge in [-0.3, -0.25) is 9.80 Å². The zero-order valence-electron chi connectivity index (χ0n) is 16.7. The smallest absolute Gasteiger partial charge is 0.241 e. The quantitative estimate of drug-likeness (QED) is 0.456. The minimum absolute atomic E-state index is 0.281. The molecule has 5 nitrogen and oxygen atoms in total. The molecule has 0 spiro atoms. The fourth-order valence-corrected chi connectivity index (χ4v) is 4.73. The summed E-state index contributed by atoms with van der Waals surface area (Å²) >= 11 is 1.63. The third kappa shape index (κ3) is 4.21. The van der Waals surface area contributed by atoms with Crippen LogP contribution in [-0.2, 0) is 6.54 Å². The second-order valence-electron chi connectivity index (χ2n) is 7.53. The molecule has 6 heteroatoms. The van der Waals surface area contributed by atoms with Crippen molar-refractivity contribution in [3.05, 3.63) is 95.2 Å². The highest BCUT2D eigenvalue weighted by Crippen LogP contribution is 2.29. The molecule has 3 heterocycles. The normalized spacial score (nSPS) is 15.6. The zero-order chi connectivity index (χ0) is 20.2. The van der Waals surface area contributed by atoms with Gasteiger partial charge in [-0.2, -0.15) is 4.98 Å². The van der Waals surface area contributed by atoms with Crippen LogP contribution in [0.1, 0.15) is 23.1 Å². The lowest BCUT2D eigenvalue weighted by Crippen LogP contribution is -2.47. The monoisotopic (exact) mass is 416 g/mol. The summed E-state index contributed by atoms with van der Waals surface area (Å²) in [4.78, 5) is 10.6. The summed E-state index contributed by atoms with van der Waals surface area (Å²) in [7, 11) is 0. The van der Waals surface area contributed by atoms with Gasteiger partial charge in [-0.1, -0.05) is 71.9 Å². The molecule has 4 aromatic rings. The molecule has 1 aliphatic rings. The largest absolute Gasteiger partial charge is 0.338 e. The first kappa shape index (κ1) is 19.2. The molecule has 152 valence electrons. The van der Waals surface area contributed by atoms with E-state index in [2.05, 4.69) is 80.6 Å². The Labute approximate surface area is 180 Å². The molecule has 0 bridgehead atoms. The molecule has 0 N–H and O–H groups in total. The van der Waals surface area contributed by atoms with Gasteiger partial charge in [0.1, 0.15) is 0 Å². The summed E-state index contributed by atoms with van der Waals surface area (Å²) in [6.45, 7) is 4.66. The van der Waals surface area contributed by atoms with Crippen molar-refractivity contribution in [3.8, 4) is 10.7 Å². The van der Waals surface area contributed by atoms with E-state index >= 15 is 0 Å². The van der Waals surface area contributed by atoms with Gasteiger partial charge in [0.25, 0.3) is 0 Å². The van der Waals surface area contributed by atoms with E-state index in [1.54, 1.807) is 11.3 Å². The first-order valence-electron chi connectivity index (χ1n) is 10.3. The maximum Gasteiger partial charge on any atom is 0.241 e. The van der Waals surface area contributed by atoms with Crippen LogP contribution >= 0.6 is 11.3 Å². The van der Waals surface area contributed by atoms with E-state index in [0.717, 1.165) is 31.1 Å². The molecule has 0 atom stereocenters. The summed E-state index contributed by atoms with van der Waals surface area (Å²) in [5, 5.41) is 6.16. The molecule has 2 aromatic heterocycles. The van der Waals surface area contributed by atoms with Crippen LogP contribution < -0.4 is 0 Å². The van der Waals surface area contributed by atoms with Gasteiger partial charge in [-0.25, -0.2) is 0 Å². The predicted octanol–water partition coefficient (Wildman–Crippen LogP) is 4.71. The molecule has 0 aliphatic carbocycles. The Morgan fingerprint density at radius 2 is 1.50 bits per heavy atom. The number of rotatable bonds is 6. The summed E-state index contributed by atoms with van der Waals surface area (Å²) in [5.41, 5.74) is 2.68. The minimum atomic E-state index is 0.281. The van der Waals surface area contributed by atoms with Gasteiger partial charge in [0.2, 0.25) is 11.7 Å². The van der Waals surface area contributed by atoms with Crippen LogP contribution in [0.2, 0.25) is 0 Å². The van der Waals surface area contributed by atoms with E-state index in [4.69, 9.17) is 4.52 Å². The lowest BCUT2D eigenvalue weighted by atomic mass is 9.96. The molecule has 0 radical (unpaired) electrons. The molecule has 0 saturated carbocycles. The van der Waals surface area contributed by atoms with Gasteiger partial charge >= 0.3 is 0 Å². The van der Waals surface area contributed by atoms with Crippen LogP contribution in [0.4, 0.5) is 0 Å². The average Bonchev–Trinajstić information content (AvgIpc) is 3.49. The standard InChI is InChI=1S/C24H24N4OS/c1-3-8-19(9-4-1)23(20-10-5-2-6-11-20)28-15-13-27(14-16-28)18-22-25-24(26-29-22)21-12-7-17-30-21/h1-12,17,23H,13-16,18H2. The van der Waals surface area contributed by atoms with Crippen molar-refractivity contribution < 1.29 is 4.52 Å². The van der Waals surface area contributed by atoms with Crippen LogP contribution in [0.5, 0.6) is 0 Å². The summed E-state index contributed by atoms with van der Waals surface area (Å²) in [6, 6.07) is 25.9. The number of thiophene rings is 1. The Bertz CT molecular complexity index is 1000. The van der Waals surface area contributed by atoms with Crippen molar-refractivity contribution in [2.45, 2.75) is 12.6 Å². The molecule has 5 rings (SSSR count). The molecule has 2 aromatic carbocycles. The molecular formula is C24H24N4OS. The molecule has 1 saturated heterocycles. The number of hydrogen-bond donors (Lipinski definition) is 0. The second kappa shape index (κ2) is 8.92. The third-order valence-corrected chi connectivity index (χ3v) is 6.44. The molecular weight excluding hydrogens is 392 g/mol. The minimum Gasteiger partial charge on any atom is -0.338 e. The average molecular weight is 417 g/mol. The van der Waals surface area contributed by atoms with Gasteiger partial charge < -0.3 is 4.52 Å². The SMILES string of the molecule is c1ccc(C(c2ccccc2)N2CCN(Cc3nc(-c4cccs4)no3)CC2)cc1. The number of benzene rings is 2. The van der Waals surface area contributed by atoms with Crippen LogP contribution in [0.3, 0.4) is 0 Å². The van der Waals surface area contributed by atoms with Gasteiger partial charge in [-0.05, 0) is 22.6 Å². The maximum absolute atomic E-state index is 5.49. The Hall–Kier alpha value is -2.80. The summed E-state index contributed by atoms with van der Waals surface area (Å²) < 4.78 is 5.49. The fourth-order valence-electron chi connectivity index (χ4n) is 4.08. The predicted molar refractivity (Wildman–Crippen MR) is 119 cm³/mol. The van der Waals surface area contributed by atoms with Gasteiger partial charge in [0.05, 0.1) is 17.5 Å². The highest BCUT2D eigenvalue weighted by Gasteiger charge is 2.27. The van der Waals surface area contributed by atoms with Crippen molar-refractivity contribution in [1.82, 2.24) is 19.9 Å². The molecule has 1 aliphatic heterocycles. The van der Waals surface area contributed by atoms with Gasteiger partial charge in [-0.15, -0.1) is 11.3 Å². The summed E-state index contributed by atoms with van der Waals surface area (Å²) in [5.74, 6) is 1.38. The van der Waals surface area contributed by atoms with E-state index in [-0.39, 0.29) is 6.04 Å². The van der Waals surface area contributed by atoms with E-state index in [1.807, 2.05) is 17.5 Å². The molecule has 0 unspecified atom stereocenters. The second-order valence-corrected chi connectivity index (χ2v) is 8.47. The molecule has 30 heavy (non-hydrogen) atoms. The number of aromatic nitrogens is 2. The van der Waals surface area contributed by atoms with Gasteiger partial charge in [0.15, 0.2) is 0 Å². The maximum atomic E-state index is 5.49. The van der Waals surface area contributed by atoms with Crippen molar-refractivity contribution in [3.63, 3.8) is 0 Å². The number of piperazine rings is 1. The first-order chi connectivity index (χ1) is 14.9. The highest BCUT2D eigenvalue weighted by atomic mass is 32.1. The lowest BCUT2D eigenvalue weighted by Gasteiger charge is -2.39. The third-order valence-electron chi connectivity index (χ3n) is 5.57. The Kier molecular flexibility index (Phi) is 5.70. The zero-order valence-corrected chi connectivity index (χ0v) is 17.5. The topological polar surface area (TPSA) is 45.4 Å². The first-order valence-corrected chi connectivity index (χ1v) is 11.2. The number of nitrogens with zero attached hydrogens (tertiary/aromatic N) is 4. The molecule has 1 fully saturated rings. The van der Waals surface area contributed by atoms with Crippen LogP contribution in [0.15, 0.2) is 82.7 Å². The van der Waals surface area contributed by atoms with E-state index in [1.165, 1.54) is 11.1 Å². The Morgan fingerprint density at radius 3 is 2.10 bits per heavy atom. The van der Waals surface area contributed by atoms with E-state index in [0.29, 0.717) is 18.3 Å². The summed E-state index contributed by atoms with van der Waals surface area (Å²) in [6.07, 6.45) is 0. The Morgan fingerprint density at radius 1 is 0.833 bits per heavy atom. The van der Waals surface area contributed by atoms with Crippen LogP contribution in [0, 0.1) is 0 Å². The van der Waals surface area contributed by atoms with Crippen LogP contribution in [-0.4, -0.2) is 46.1 Å². The van der Waals surface area contributed by atoms with Gasteiger partial charge in [0, 0.05) is 26.2 Å². The molecule has 0 amide bonds. The van der Waals surface area contributed by atoms with Crippen molar-refractivity contribution >= 4 is 11.3 Å². The van der Waals surface area contributed by atoms with Crippen molar-refractivity contribution in [2.75, 3.05) is 26.2 Å².